The first-order chi connectivity index (χ1) is 13.1. The highest BCUT2D eigenvalue weighted by Gasteiger charge is 2.24. The van der Waals surface area contributed by atoms with E-state index in [2.05, 4.69) is 11.8 Å². The molecule has 0 aliphatic carbocycles. The fourth-order valence-electron chi connectivity index (χ4n) is 3.19. The third-order valence-electron chi connectivity index (χ3n) is 4.98. The second kappa shape index (κ2) is 12.2. The summed E-state index contributed by atoms with van der Waals surface area (Å²) in [6, 6.07) is 6.81. The van der Waals surface area contributed by atoms with Gasteiger partial charge in [-0.1, -0.05) is 18.5 Å². The lowest BCUT2D eigenvalue weighted by Gasteiger charge is -2.31. The molecule has 1 N–H and O–H groups in total. The van der Waals surface area contributed by atoms with E-state index in [1.54, 1.807) is 29.2 Å². The van der Waals surface area contributed by atoms with Crippen LogP contribution in [0.5, 0.6) is 5.75 Å². The van der Waals surface area contributed by atoms with Gasteiger partial charge in [0.15, 0.2) is 0 Å². The predicted octanol–water partition coefficient (Wildman–Crippen LogP) is 3.27. The lowest BCUT2D eigenvalue weighted by molar-refractivity contribution is 0.0786. The van der Waals surface area contributed by atoms with Gasteiger partial charge in [0.1, 0.15) is 5.75 Å². The summed E-state index contributed by atoms with van der Waals surface area (Å²) in [5.41, 5.74) is 0. The largest absolute Gasteiger partial charge is 0.415 e. The van der Waals surface area contributed by atoms with Crippen LogP contribution in [-0.4, -0.2) is 73.5 Å². The van der Waals surface area contributed by atoms with E-state index in [0.29, 0.717) is 29.8 Å². The number of piperidine rings is 1. The number of amides is 1. The number of nitrogens with zero attached hydrogens (tertiary/aromatic N) is 2. The van der Waals surface area contributed by atoms with Crippen molar-refractivity contribution in [2.75, 3.05) is 52.5 Å². The minimum Gasteiger partial charge on any atom is -0.410 e. The molecule has 0 radical (unpaired) electrons. The van der Waals surface area contributed by atoms with Crippen molar-refractivity contribution in [1.29, 1.82) is 0 Å². The Kier molecular flexibility index (Phi) is 9.91. The Morgan fingerprint density at radius 1 is 1.22 bits per heavy atom. The van der Waals surface area contributed by atoms with Gasteiger partial charge in [-0.25, -0.2) is 4.79 Å². The first kappa shape index (κ1) is 22.0. The van der Waals surface area contributed by atoms with Gasteiger partial charge in [0.2, 0.25) is 0 Å². The van der Waals surface area contributed by atoms with Gasteiger partial charge in [-0.3, -0.25) is 4.90 Å². The number of carbonyl (C=O) groups excluding carboxylic acids is 1. The first-order valence-electron chi connectivity index (χ1n) is 9.75. The molecule has 1 aromatic rings. The second-order valence-corrected chi connectivity index (χ2v) is 7.25. The van der Waals surface area contributed by atoms with Gasteiger partial charge in [-0.15, -0.1) is 0 Å². The number of hydrogen-bond acceptors (Lipinski definition) is 5. The molecule has 0 aromatic heterocycles. The number of aliphatic hydroxyl groups is 1. The summed E-state index contributed by atoms with van der Waals surface area (Å²) >= 11 is 5.84. The van der Waals surface area contributed by atoms with E-state index in [1.807, 2.05) is 0 Å². The fourth-order valence-corrected chi connectivity index (χ4v) is 3.31. The van der Waals surface area contributed by atoms with Crippen molar-refractivity contribution in [3.05, 3.63) is 29.3 Å². The highest BCUT2D eigenvalue weighted by Crippen LogP contribution is 2.22. The van der Waals surface area contributed by atoms with Crippen LogP contribution in [0.3, 0.4) is 0 Å². The van der Waals surface area contributed by atoms with Crippen LogP contribution in [0.2, 0.25) is 5.02 Å². The minimum absolute atomic E-state index is 0.187. The fraction of sp³-hybridized carbons (Fsp3) is 0.650. The molecule has 0 saturated carbocycles. The van der Waals surface area contributed by atoms with Crippen LogP contribution in [-0.2, 0) is 4.74 Å². The molecule has 6 nitrogen and oxygen atoms in total. The van der Waals surface area contributed by atoms with Crippen molar-refractivity contribution < 1.29 is 19.4 Å². The Labute approximate surface area is 167 Å². The van der Waals surface area contributed by atoms with Crippen molar-refractivity contribution in [2.45, 2.75) is 26.2 Å². The summed E-state index contributed by atoms with van der Waals surface area (Å²) < 4.78 is 11.1. The molecular weight excluding hydrogens is 368 g/mol. The van der Waals surface area contributed by atoms with Crippen LogP contribution in [0, 0.1) is 5.92 Å². The Hall–Kier alpha value is -1.34. The molecular formula is C20H31ClN2O4. The van der Waals surface area contributed by atoms with Crippen LogP contribution < -0.4 is 4.74 Å². The molecule has 1 aromatic carbocycles. The highest BCUT2D eigenvalue weighted by molar-refractivity contribution is 6.30. The summed E-state index contributed by atoms with van der Waals surface area (Å²) in [5, 5.41) is 9.59. The van der Waals surface area contributed by atoms with Gasteiger partial charge in [0, 0.05) is 37.8 Å². The van der Waals surface area contributed by atoms with E-state index >= 15 is 0 Å². The van der Waals surface area contributed by atoms with Crippen molar-refractivity contribution in [1.82, 2.24) is 9.80 Å². The maximum atomic E-state index is 12.2. The smallest absolute Gasteiger partial charge is 0.410 e. The molecule has 27 heavy (non-hydrogen) atoms. The summed E-state index contributed by atoms with van der Waals surface area (Å²) in [7, 11) is 0. The number of carbonyl (C=O) groups is 1. The van der Waals surface area contributed by atoms with Crippen LogP contribution in [0.1, 0.15) is 26.2 Å². The molecule has 0 atom stereocenters. The molecule has 7 heteroatoms. The van der Waals surface area contributed by atoms with Gasteiger partial charge in [0.05, 0.1) is 13.2 Å². The lowest BCUT2D eigenvalue weighted by Crippen LogP contribution is -2.40. The Morgan fingerprint density at radius 3 is 2.56 bits per heavy atom. The number of hydrogen-bond donors (Lipinski definition) is 1. The van der Waals surface area contributed by atoms with Crippen LogP contribution >= 0.6 is 11.6 Å². The van der Waals surface area contributed by atoms with Crippen LogP contribution in [0.15, 0.2) is 24.3 Å². The standard InChI is InChI=1S/C20H31ClN2O4/c1-2-22(12-14-24)13-16-26-15-9-17-7-10-23(11-8-17)20(25)27-19-5-3-18(21)4-6-19/h3-6,17,24H,2,7-16H2,1H3. The van der Waals surface area contributed by atoms with E-state index in [4.69, 9.17) is 26.2 Å². The van der Waals surface area contributed by atoms with E-state index in [-0.39, 0.29) is 12.7 Å². The average Bonchev–Trinajstić information content (AvgIpc) is 2.69. The molecule has 1 aliphatic rings. The first-order valence-corrected chi connectivity index (χ1v) is 10.1. The number of halogens is 1. The van der Waals surface area contributed by atoms with E-state index in [9.17, 15) is 4.79 Å². The zero-order chi connectivity index (χ0) is 19.5. The van der Waals surface area contributed by atoms with Gasteiger partial charge in [-0.2, -0.15) is 0 Å². The number of likely N-dealkylation sites (tertiary alicyclic amines) is 1. The monoisotopic (exact) mass is 398 g/mol. The summed E-state index contributed by atoms with van der Waals surface area (Å²) in [4.78, 5) is 16.2. The number of likely N-dealkylation sites (N-methyl/N-ethyl adjacent to an activating group) is 1. The quantitative estimate of drug-likeness (QED) is 0.613. The lowest BCUT2D eigenvalue weighted by atomic mass is 9.94. The van der Waals surface area contributed by atoms with Gasteiger partial charge in [-0.05, 0) is 56.0 Å². The molecule has 0 spiro atoms. The number of benzene rings is 1. The summed E-state index contributed by atoms with van der Waals surface area (Å²) in [6.07, 6.45) is 2.68. The molecule has 1 aliphatic heterocycles. The SMILES string of the molecule is CCN(CCO)CCOCCC1CCN(C(=O)Oc2ccc(Cl)cc2)CC1. The molecule has 152 valence electrons. The van der Waals surface area contributed by atoms with Crippen molar-refractivity contribution >= 4 is 17.7 Å². The van der Waals surface area contributed by atoms with Crippen LogP contribution in [0.4, 0.5) is 4.79 Å². The molecule has 1 saturated heterocycles. The Morgan fingerprint density at radius 2 is 1.93 bits per heavy atom. The number of aliphatic hydroxyl groups excluding tert-OH is 1. The van der Waals surface area contributed by atoms with Crippen molar-refractivity contribution in [3.63, 3.8) is 0 Å². The normalized spacial score (nSPS) is 15.3. The zero-order valence-electron chi connectivity index (χ0n) is 16.1. The van der Waals surface area contributed by atoms with E-state index in [1.165, 1.54) is 0 Å². The van der Waals surface area contributed by atoms with E-state index in [0.717, 1.165) is 52.0 Å². The maximum absolute atomic E-state index is 12.2. The van der Waals surface area contributed by atoms with Gasteiger partial charge in [0.25, 0.3) is 0 Å². The maximum Gasteiger partial charge on any atom is 0.415 e. The highest BCUT2D eigenvalue weighted by atomic mass is 35.5. The second-order valence-electron chi connectivity index (χ2n) is 6.81. The minimum atomic E-state index is -0.296. The summed E-state index contributed by atoms with van der Waals surface area (Å²) in [5.74, 6) is 1.10. The number of ether oxygens (including phenoxy) is 2. The van der Waals surface area contributed by atoms with E-state index < -0.39 is 0 Å². The third-order valence-corrected chi connectivity index (χ3v) is 5.23. The van der Waals surface area contributed by atoms with Crippen LogP contribution in [0.25, 0.3) is 0 Å². The average molecular weight is 399 g/mol. The van der Waals surface area contributed by atoms with Crippen molar-refractivity contribution in [3.8, 4) is 5.75 Å². The van der Waals surface area contributed by atoms with Crippen molar-refractivity contribution in [2.24, 2.45) is 5.92 Å². The number of rotatable bonds is 10. The molecule has 0 bridgehead atoms. The summed E-state index contributed by atoms with van der Waals surface area (Å²) in [6.45, 7) is 7.63. The predicted molar refractivity (Wildman–Crippen MR) is 106 cm³/mol. The third kappa shape index (κ3) is 8.05. The Bertz CT molecular complexity index is 547. The molecule has 1 amide bonds. The molecule has 2 rings (SSSR count). The zero-order valence-corrected chi connectivity index (χ0v) is 16.9. The van der Waals surface area contributed by atoms with Gasteiger partial charge >= 0.3 is 6.09 Å². The molecule has 0 unspecified atom stereocenters. The molecule has 1 heterocycles. The topological polar surface area (TPSA) is 62.2 Å². The van der Waals surface area contributed by atoms with Gasteiger partial charge < -0.3 is 19.5 Å². The molecule has 1 fully saturated rings. The Balaban J connectivity index is 1.58.